The maximum absolute atomic E-state index is 12.5. The molecular weight excluding hydrogens is 304 g/mol. The van der Waals surface area contributed by atoms with Crippen molar-refractivity contribution in [1.82, 2.24) is 4.90 Å². The number of anilines is 1. The lowest BCUT2D eigenvalue weighted by Crippen LogP contribution is -2.34. The Morgan fingerprint density at radius 3 is 3.05 bits per heavy atom. The number of amides is 2. The van der Waals surface area contributed by atoms with Crippen molar-refractivity contribution < 1.29 is 9.53 Å². The van der Waals surface area contributed by atoms with Crippen molar-refractivity contribution in [3.8, 4) is 5.75 Å². The lowest BCUT2D eigenvalue weighted by atomic mass is 10.3. The number of carbonyl (C=O) groups is 1. The first-order valence-electron chi connectivity index (χ1n) is 6.64. The molecule has 1 unspecified atom stereocenters. The number of rotatable bonds is 3. The molecular formula is C15H16N2O2S2. The highest BCUT2D eigenvalue weighted by atomic mass is 32.2. The number of ether oxygens (including phenoxy) is 1. The Labute approximate surface area is 132 Å². The molecule has 6 heteroatoms. The molecule has 1 aliphatic rings. The first-order chi connectivity index (χ1) is 10.3. The van der Waals surface area contributed by atoms with Crippen molar-refractivity contribution in [2.75, 3.05) is 24.7 Å². The molecule has 110 valence electrons. The van der Waals surface area contributed by atoms with E-state index in [1.807, 2.05) is 40.6 Å². The van der Waals surface area contributed by atoms with Gasteiger partial charge in [0, 0.05) is 28.9 Å². The first-order valence-corrected chi connectivity index (χ1v) is 8.57. The van der Waals surface area contributed by atoms with Crippen LogP contribution in [0.25, 0.3) is 0 Å². The van der Waals surface area contributed by atoms with Crippen LogP contribution in [-0.4, -0.2) is 30.3 Å². The van der Waals surface area contributed by atoms with E-state index in [2.05, 4.69) is 11.4 Å². The van der Waals surface area contributed by atoms with E-state index in [0.717, 1.165) is 23.7 Å². The zero-order valence-corrected chi connectivity index (χ0v) is 13.2. The molecule has 1 atom stereocenters. The third-order valence-electron chi connectivity index (χ3n) is 3.26. The molecule has 3 rings (SSSR count). The van der Waals surface area contributed by atoms with Gasteiger partial charge in [-0.3, -0.25) is 0 Å². The second-order valence-electron chi connectivity index (χ2n) is 4.59. The van der Waals surface area contributed by atoms with Crippen molar-refractivity contribution in [3.05, 3.63) is 46.7 Å². The summed E-state index contributed by atoms with van der Waals surface area (Å²) in [6.45, 7) is 0.767. The molecule has 21 heavy (non-hydrogen) atoms. The number of carbonyl (C=O) groups excluding carboxylic acids is 1. The van der Waals surface area contributed by atoms with Crippen LogP contribution >= 0.6 is 23.1 Å². The van der Waals surface area contributed by atoms with E-state index in [4.69, 9.17) is 4.74 Å². The van der Waals surface area contributed by atoms with E-state index in [-0.39, 0.29) is 11.4 Å². The van der Waals surface area contributed by atoms with Gasteiger partial charge in [-0.05, 0) is 23.6 Å². The van der Waals surface area contributed by atoms with Gasteiger partial charge in [0.15, 0.2) is 0 Å². The molecule has 2 heterocycles. The van der Waals surface area contributed by atoms with Gasteiger partial charge in [0.05, 0.1) is 7.11 Å². The van der Waals surface area contributed by atoms with Crippen molar-refractivity contribution in [1.29, 1.82) is 0 Å². The molecule has 0 bridgehead atoms. The number of thioether (sulfide) groups is 1. The molecule has 0 spiro atoms. The summed E-state index contributed by atoms with van der Waals surface area (Å²) in [4.78, 5) is 15.6. The fourth-order valence-electron chi connectivity index (χ4n) is 2.24. The lowest BCUT2D eigenvalue weighted by molar-refractivity contribution is 0.215. The second kappa shape index (κ2) is 6.41. The van der Waals surface area contributed by atoms with Crippen LogP contribution in [0.2, 0.25) is 0 Å². The van der Waals surface area contributed by atoms with Gasteiger partial charge in [-0.15, -0.1) is 23.1 Å². The summed E-state index contributed by atoms with van der Waals surface area (Å²) in [5, 5.41) is 5.12. The smallest absolute Gasteiger partial charge is 0.323 e. The summed E-state index contributed by atoms with van der Waals surface area (Å²) >= 11 is 3.50. The summed E-state index contributed by atoms with van der Waals surface area (Å²) < 4.78 is 5.17. The number of nitrogens with zero attached hydrogens (tertiary/aromatic N) is 1. The van der Waals surface area contributed by atoms with E-state index >= 15 is 0 Å². The third kappa shape index (κ3) is 3.16. The van der Waals surface area contributed by atoms with Gasteiger partial charge in [0.25, 0.3) is 0 Å². The Hall–Kier alpha value is -1.66. The van der Waals surface area contributed by atoms with Gasteiger partial charge in [-0.2, -0.15) is 0 Å². The Kier molecular flexibility index (Phi) is 4.36. The average Bonchev–Trinajstić information content (AvgIpc) is 3.18. The fraction of sp³-hybridized carbons (Fsp3) is 0.267. The molecule has 1 aromatic heterocycles. The van der Waals surface area contributed by atoms with Crippen LogP contribution in [-0.2, 0) is 0 Å². The molecule has 2 amide bonds. The molecule has 0 saturated carbocycles. The molecule has 0 aliphatic carbocycles. The number of thiophene rings is 1. The fourth-order valence-corrected chi connectivity index (χ4v) is 4.48. The second-order valence-corrected chi connectivity index (χ2v) is 6.76. The number of urea groups is 1. The predicted molar refractivity (Wildman–Crippen MR) is 88.2 cm³/mol. The maximum atomic E-state index is 12.5. The maximum Gasteiger partial charge on any atom is 0.323 e. The zero-order chi connectivity index (χ0) is 14.7. The van der Waals surface area contributed by atoms with Crippen molar-refractivity contribution >= 4 is 34.8 Å². The lowest BCUT2D eigenvalue weighted by Gasteiger charge is -2.23. The van der Waals surface area contributed by atoms with E-state index in [1.54, 1.807) is 30.2 Å². The number of nitrogens with one attached hydrogen (secondary N) is 1. The van der Waals surface area contributed by atoms with Gasteiger partial charge in [-0.1, -0.05) is 12.1 Å². The molecule has 2 aromatic rings. The summed E-state index contributed by atoms with van der Waals surface area (Å²) in [6, 6.07) is 11.5. The summed E-state index contributed by atoms with van der Waals surface area (Å²) in [5.74, 6) is 1.70. The number of hydrogen-bond donors (Lipinski definition) is 1. The highest BCUT2D eigenvalue weighted by Gasteiger charge is 2.31. The Morgan fingerprint density at radius 1 is 1.38 bits per heavy atom. The molecule has 4 nitrogen and oxygen atoms in total. The van der Waals surface area contributed by atoms with Crippen LogP contribution in [0.3, 0.4) is 0 Å². The minimum atomic E-state index is -0.0633. The zero-order valence-electron chi connectivity index (χ0n) is 11.6. The Bertz CT molecular complexity index is 616. The highest BCUT2D eigenvalue weighted by molar-refractivity contribution is 7.99. The monoisotopic (exact) mass is 320 g/mol. The van der Waals surface area contributed by atoms with Crippen molar-refractivity contribution in [2.24, 2.45) is 0 Å². The van der Waals surface area contributed by atoms with Crippen molar-refractivity contribution in [2.45, 2.75) is 5.37 Å². The number of hydrogen-bond acceptors (Lipinski definition) is 4. The van der Waals surface area contributed by atoms with Crippen LogP contribution in [0.1, 0.15) is 10.3 Å². The van der Waals surface area contributed by atoms with E-state index in [1.165, 1.54) is 4.88 Å². The summed E-state index contributed by atoms with van der Waals surface area (Å²) in [7, 11) is 1.62. The average molecular weight is 320 g/mol. The van der Waals surface area contributed by atoms with Crippen LogP contribution in [0, 0.1) is 0 Å². The van der Waals surface area contributed by atoms with Gasteiger partial charge in [0.1, 0.15) is 11.1 Å². The molecule has 1 saturated heterocycles. The topological polar surface area (TPSA) is 41.6 Å². The van der Waals surface area contributed by atoms with Gasteiger partial charge < -0.3 is 15.0 Å². The standard InChI is InChI=1S/C15H16N2O2S2/c1-19-12-5-2-4-11(10-12)16-15(18)17-7-9-21-14(17)13-6-3-8-20-13/h2-6,8,10,14H,7,9H2,1H3,(H,16,18). The molecule has 1 fully saturated rings. The summed E-state index contributed by atoms with van der Waals surface area (Å²) in [6.07, 6.45) is 0. The highest BCUT2D eigenvalue weighted by Crippen LogP contribution is 2.40. The largest absolute Gasteiger partial charge is 0.497 e. The molecule has 0 radical (unpaired) electrons. The molecule has 1 aromatic carbocycles. The summed E-state index contributed by atoms with van der Waals surface area (Å²) in [5.41, 5.74) is 0.751. The number of benzene rings is 1. The quantitative estimate of drug-likeness (QED) is 0.928. The molecule has 1 N–H and O–H groups in total. The van der Waals surface area contributed by atoms with Crippen LogP contribution in [0.15, 0.2) is 41.8 Å². The van der Waals surface area contributed by atoms with Gasteiger partial charge in [-0.25, -0.2) is 4.79 Å². The minimum Gasteiger partial charge on any atom is -0.497 e. The van der Waals surface area contributed by atoms with Gasteiger partial charge in [0.2, 0.25) is 0 Å². The van der Waals surface area contributed by atoms with E-state index in [0.29, 0.717) is 0 Å². The number of methoxy groups -OCH3 is 1. The van der Waals surface area contributed by atoms with Crippen LogP contribution < -0.4 is 10.1 Å². The Morgan fingerprint density at radius 2 is 2.29 bits per heavy atom. The van der Waals surface area contributed by atoms with Gasteiger partial charge >= 0.3 is 6.03 Å². The minimum absolute atomic E-state index is 0.0633. The van der Waals surface area contributed by atoms with Crippen LogP contribution in [0.4, 0.5) is 10.5 Å². The first kappa shape index (κ1) is 14.3. The normalized spacial score (nSPS) is 17.8. The van der Waals surface area contributed by atoms with Crippen LogP contribution in [0.5, 0.6) is 5.75 Å². The Balaban J connectivity index is 1.72. The van der Waals surface area contributed by atoms with Crippen molar-refractivity contribution in [3.63, 3.8) is 0 Å². The third-order valence-corrected chi connectivity index (χ3v) is 5.58. The van der Waals surface area contributed by atoms with E-state index < -0.39 is 0 Å². The van der Waals surface area contributed by atoms with E-state index in [9.17, 15) is 4.79 Å². The molecule has 1 aliphatic heterocycles. The predicted octanol–water partition coefficient (Wildman–Crippen LogP) is 4.04. The SMILES string of the molecule is COc1cccc(NC(=O)N2CCSC2c2cccs2)c1.